The van der Waals surface area contributed by atoms with Gasteiger partial charge in [0, 0.05) is 10.0 Å². The molecule has 0 bridgehead atoms. The van der Waals surface area contributed by atoms with Crippen molar-refractivity contribution in [3.05, 3.63) is 50.2 Å². The lowest BCUT2D eigenvalue weighted by atomic mass is 9.97. The maximum Gasteiger partial charge on any atom is 0.268 e. The molecule has 0 aliphatic heterocycles. The van der Waals surface area contributed by atoms with Crippen molar-refractivity contribution in [1.29, 1.82) is 10.5 Å². The van der Waals surface area contributed by atoms with Crippen molar-refractivity contribution in [2.24, 2.45) is 0 Å². The zero-order valence-corrected chi connectivity index (χ0v) is 11.2. The molecule has 1 heterocycles. The van der Waals surface area contributed by atoms with Crippen LogP contribution in [0.2, 0.25) is 0 Å². The van der Waals surface area contributed by atoms with E-state index < -0.39 is 5.56 Å². The number of nitrogens with zero attached hydrogens (tertiary/aromatic N) is 2. The number of anilines is 1. The molecule has 0 spiro atoms. The van der Waals surface area contributed by atoms with E-state index in [-0.39, 0.29) is 22.5 Å². The van der Waals surface area contributed by atoms with Crippen LogP contribution in [0.5, 0.6) is 0 Å². The normalized spacial score (nSPS) is 9.63. The zero-order chi connectivity index (χ0) is 14.0. The van der Waals surface area contributed by atoms with E-state index in [1.54, 1.807) is 24.3 Å². The minimum Gasteiger partial charge on any atom is -0.384 e. The van der Waals surface area contributed by atoms with Gasteiger partial charge in [-0.05, 0) is 17.7 Å². The average Bonchev–Trinajstić information content (AvgIpc) is 2.38. The third-order valence-electron chi connectivity index (χ3n) is 2.58. The Hall–Kier alpha value is -2.57. The maximum atomic E-state index is 11.7. The van der Waals surface area contributed by atoms with Crippen molar-refractivity contribution < 1.29 is 0 Å². The lowest BCUT2D eigenvalue weighted by molar-refractivity contribution is 1.21. The monoisotopic (exact) mass is 314 g/mol. The molecule has 5 nitrogen and oxygen atoms in total. The van der Waals surface area contributed by atoms with Gasteiger partial charge in [0.15, 0.2) is 0 Å². The quantitative estimate of drug-likeness (QED) is 0.840. The van der Waals surface area contributed by atoms with Crippen LogP contribution >= 0.6 is 15.9 Å². The Morgan fingerprint density at radius 1 is 1.21 bits per heavy atom. The van der Waals surface area contributed by atoms with E-state index in [0.717, 1.165) is 4.47 Å². The van der Waals surface area contributed by atoms with Crippen LogP contribution in [0.3, 0.4) is 0 Å². The molecule has 0 unspecified atom stereocenters. The van der Waals surface area contributed by atoms with E-state index in [1.165, 1.54) is 0 Å². The van der Waals surface area contributed by atoms with Crippen LogP contribution in [0.25, 0.3) is 11.1 Å². The lowest BCUT2D eigenvalue weighted by Gasteiger charge is -2.08. The number of hydrogen-bond donors (Lipinski definition) is 2. The van der Waals surface area contributed by atoms with Gasteiger partial charge in [-0.15, -0.1) is 0 Å². The van der Waals surface area contributed by atoms with Crippen LogP contribution in [0.15, 0.2) is 33.5 Å². The van der Waals surface area contributed by atoms with Gasteiger partial charge in [-0.25, -0.2) is 0 Å². The highest BCUT2D eigenvalue weighted by Gasteiger charge is 2.17. The summed E-state index contributed by atoms with van der Waals surface area (Å²) < 4.78 is 0.775. The van der Waals surface area contributed by atoms with Gasteiger partial charge < -0.3 is 10.7 Å². The summed E-state index contributed by atoms with van der Waals surface area (Å²) in [5, 5.41) is 18.3. The van der Waals surface area contributed by atoms with Crippen LogP contribution < -0.4 is 11.3 Å². The fourth-order valence-electron chi connectivity index (χ4n) is 1.78. The van der Waals surface area contributed by atoms with Crippen LogP contribution in [0.4, 0.5) is 5.82 Å². The Morgan fingerprint density at radius 2 is 1.89 bits per heavy atom. The predicted octanol–water partition coefficient (Wildman–Crippen LogP) is 2.13. The van der Waals surface area contributed by atoms with Crippen molar-refractivity contribution in [2.45, 2.75) is 0 Å². The zero-order valence-electron chi connectivity index (χ0n) is 9.57. The first kappa shape index (κ1) is 12.9. The average molecular weight is 315 g/mol. The van der Waals surface area contributed by atoms with Crippen LogP contribution in [-0.4, -0.2) is 4.98 Å². The summed E-state index contributed by atoms with van der Waals surface area (Å²) >= 11 is 3.31. The Kier molecular flexibility index (Phi) is 3.37. The molecule has 0 atom stereocenters. The summed E-state index contributed by atoms with van der Waals surface area (Å²) in [5.41, 5.74) is 5.84. The maximum absolute atomic E-state index is 11.7. The smallest absolute Gasteiger partial charge is 0.268 e. The van der Waals surface area contributed by atoms with Gasteiger partial charge in [0.1, 0.15) is 29.1 Å². The highest BCUT2D eigenvalue weighted by atomic mass is 79.9. The van der Waals surface area contributed by atoms with Crippen molar-refractivity contribution in [2.75, 3.05) is 5.73 Å². The first-order chi connectivity index (χ1) is 9.08. The van der Waals surface area contributed by atoms with Crippen molar-refractivity contribution in [1.82, 2.24) is 4.98 Å². The highest BCUT2D eigenvalue weighted by molar-refractivity contribution is 9.10. The summed E-state index contributed by atoms with van der Waals surface area (Å²) in [5.74, 6) is -0.0403. The Bertz CT molecular complexity index is 796. The van der Waals surface area contributed by atoms with Gasteiger partial charge in [-0.3, -0.25) is 4.79 Å². The Labute approximate surface area is 117 Å². The number of H-pyrrole nitrogens is 1. The molecule has 1 aromatic carbocycles. The van der Waals surface area contributed by atoms with Crippen molar-refractivity contribution >= 4 is 21.7 Å². The third kappa shape index (κ3) is 2.22. The second kappa shape index (κ2) is 4.97. The van der Waals surface area contributed by atoms with E-state index in [1.807, 2.05) is 12.1 Å². The molecular formula is C13H7BrN4O. The van der Waals surface area contributed by atoms with Gasteiger partial charge in [-0.1, -0.05) is 28.1 Å². The molecule has 0 amide bonds. The standard InChI is InChI=1S/C13H7BrN4O/c14-8-3-1-2-7(4-8)11-9(5-15)12(17)18-13(19)10(11)6-16/h1-4H,(H3,17,18,19). The van der Waals surface area contributed by atoms with Crippen molar-refractivity contribution in [3.8, 4) is 23.3 Å². The first-order valence-electron chi connectivity index (χ1n) is 5.20. The Morgan fingerprint density at radius 3 is 2.47 bits per heavy atom. The number of nitriles is 2. The molecular weight excluding hydrogens is 308 g/mol. The molecule has 0 aliphatic carbocycles. The van der Waals surface area contributed by atoms with E-state index >= 15 is 0 Å². The number of aromatic nitrogens is 1. The molecule has 0 saturated carbocycles. The molecule has 2 aromatic rings. The summed E-state index contributed by atoms with van der Waals surface area (Å²) in [6, 6.07) is 10.7. The fraction of sp³-hybridized carbons (Fsp3) is 0. The van der Waals surface area contributed by atoms with Gasteiger partial charge in [-0.2, -0.15) is 10.5 Å². The number of halogens is 1. The minimum atomic E-state index is -0.603. The van der Waals surface area contributed by atoms with Crippen LogP contribution in [0, 0.1) is 22.7 Å². The molecule has 0 radical (unpaired) electrons. The summed E-state index contributed by atoms with van der Waals surface area (Å²) in [7, 11) is 0. The molecule has 19 heavy (non-hydrogen) atoms. The molecule has 92 valence electrons. The topological polar surface area (TPSA) is 106 Å². The molecule has 3 N–H and O–H groups in total. The van der Waals surface area contributed by atoms with Crippen LogP contribution in [-0.2, 0) is 0 Å². The summed E-state index contributed by atoms with van der Waals surface area (Å²) in [4.78, 5) is 14.0. The highest BCUT2D eigenvalue weighted by Crippen LogP contribution is 2.29. The molecule has 0 fully saturated rings. The Balaban J connectivity index is 2.94. The fourth-order valence-corrected chi connectivity index (χ4v) is 2.18. The molecule has 6 heteroatoms. The van der Waals surface area contributed by atoms with Gasteiger partial charge >= 0.3 is 0 Å². The van der Waals surface area contributed by atoms with Crippen LogP contribution in [0.1, 0.15) is 11.1 Å². The van der Waals surface area contributed by atoms with E-state index in [0.29, 0.717) is 5.56 Å². The van der Waals surface area contributed by atoms with Gasteiger partial charge in [0.05, 0.1) is 0 Å². The summed E-state index contributed by atoms with van der Waals surface area (Å²) in [6.07, 6.45) is 0. The second-order valence-electron chi connectivity index (χ2n) is 3.73. The number of benzene rings is 1. The predicted molar refractivity (Wildman–Crippen MR) is 74.0 cm³/mol. The van der Waals surface area contributed by atoms with Gasteiger partial charge in [0.2, 0.25) is 0 Å². The number of rotatable bonds is 1. The number of nitrogen functional groups attached to an aromatic ring is 1. The first-order valence-corrected chi connectivity index (χ1v) is 5.99. The number of hydrogen-bond acceptors (Lipinski definition) is 4. The second-order valence-corrected chi connectivity index (χ2v) is 4.64. The number of nitrogens with two attached hydrogens (primary N) is 1. The lowest BCUT2D eigenvalue weighted by Crippen LogP contribution is -2.16. The number of nitrogens with one attached hydrogen (secondary N) is 1. The molecule has 0 aliphatic rings. The van der Waals surface area contributed by atoms with E-state index in [2.05, 4.69) is 20.9 Å². The number of aromatic amines is 1. The summed E-state index contributed by atoms with van der Waals surface area (Å²) in [6.45, 7) is 0. The number of pyridine rings is 1. The molecule has 0 saturated heterocycles. The minimum absolute atomic E-state index is 0.0403. The molecule has 2 rings (SSSR count). The third-order valence-corrected chi connectivity index (χ3v) is 3.07. The van der Waals surface area contributed by atoms with Crippen molar-refractivity contribution in [3.63, 3.8) is 0 Å². The van der Waals surface area contributed by atoms with E-state index in [4.69, 9.17) is 16.3 Å². The largest absolute Gasteiger partial charge is 0.384 e. The SMILES string of the molecule is N#Cc1c(N)[nH]c(=O)c(C#N)c1-c1cccc(Br)c1. The van der Waals surface area contributed by atoms with E-state index in [9.17, 15) is 4.79 Å². The molecule has 1 aromatic heterocycles. The van der Waals surface area contributed by atoms with Gasteiger partial charge in [0.25, 0.3) is 5.56 Å².